The van der Waals surface area contributed by atoms with Crippen LogP contribution in [0, 0.1) is 5.92 Å². The Morgan fingerprint density at radius 1 is 1.67 bits per heavy atom. The van der Waals surface area contributed by atoms with E-state index < -0.39 is 0 Å². The van der Waals surface area contributed by atoms with E-state index in [1.54, 1.807) is 0 Å². The van der Waals surface area contributed by atoms with Crippen LogP contribution >= 0.6 is 11.6 Å². The third-order valence-electron chi connectivity index (χ3n) is 1.46. The molecular formula is C7H11ClO. The molecule has 2 heteroatoms. The summed E-state index contributed by atoms with van der Waals surface area (Å²) in [5, 5.41) is 0. The highest BCUT2D eigenvalue weighted by molar-refractivity contribution is 6.18. The van der Waals surface area contributed by atoms with Crippen molar-refractivity contribution in [3.63, 3.8) is 0 Å². The summed E-state index contributed by atoms with van der Waals surface area (Å²) < 4.78 is 5.16. The summed E-state index contributed by atoms with van der Waals surface area (Å²) in [4.78, 5) is 0. The Balaban J connectivity index is 2.18. The second-order valence-electron chi connectivity index (χ2n) is 2.21. The van der Waals surface area contributed by atoms with Crippen LogP contribution in [-0.2, 0) is 4.74 Å². The van der Waals surface area contributed by atoms with Gasteiger partial charge in [-0.05, 0) is 6.42 Å². The maximum atomic E-state index is 5.45. The van der Waals surface area contributed by atoms with Crippen LogP contribution in [0.25, 0.3) is 0 Å². The number of halogens is 1. The van der Waals surface area contributed by atoms with Gasteiger partial charge in [0.05, 0.1) is 6.61 Å². The van der Waals surface area contributed by atoms with E-state index in [1.807, 2.05) is 6.08 Å². The first-order valence-electron chi connectivity index (χ1n) is 3.24. The van der Waals surface area contributed by atoms with Crippen LogP contribution in [0.5, 0.6) is 0 Å². The van der Waals surface area contributed by atoms with E-state index in [0.29, 0.717) is 11.8 Å². The molecule has 0 aliphatic carbocycles. The molecule has 0 radical (unpaired) electrons. The van der Waals surface area contributed by atoms with Crippen molar-refractivity contribution >= 4 is 11.6 Å². The lowest BCUT2D eigenvalue weighted by Crippen LogP contribution is -1.92. The van der Waals surface area contributed by atoms with Crippen molar-refractivity contribution in [1.82, 2.24) is 0 Å². The Morgan fingerprint density at radius 2 is 2.56 bits per heavy atom. The topological polar surface area (TPSA) is 9.23 Å². The average molecular weight is 147 g/mol. The molecule has 0 spiro atoms. The zero-order valence-corrected chi connectivity index (χ0v) is 6.10. The van der Waals surface area contributed by atoms with Crippen molar-refractivity contribution in [1.29, 1.82) is 0 Å². The summed E-state index contributed by atoms with van der Waals surface area (Å²) in [5.74, 6) is 1.25. The van der Waals surface area contributed by atoms with Crippen LogP contribution in [0.4, 0.5) is 0 Å². The highest BCUT2D eigenvalue weighted by Gasteiger charge is 2.10. The summed E-state index contributed by atoms with van der Waals surface area (Å²) >= 11 is 5.45. The number of ether oxygens (including phenoxy) is 1. The molecule has 52 valence electrons. The number of hydrogen-bond donors (Lipinski definition) is 0. The van der Waals surface area contributed by atoms with Gasteiger partial charge in [-0.3, -0.25) is 0 Å². The molecule has 1 aliphatic heterocycles. The molecule has 9 heavy (non-hydrogen) atoms. The first-order valence-corrected chi connectivity index (χ1v) is 3.77. The lowest BCUT2D eigenvalue weighted by molar-refractivity contribution is 0.191. The normalized spacial score (nSPS) is 27.9. The van der Waals surface area contributed by atoms with Crippen molar-refractivity contribution in [2.24, 2.45) is 5.92 Å². The van der Waals surface area contributed by atoms with Gasteiger partial charge in [0.2, 0.25) is 0 Å². The third-order valence-corrected chi connectivity index (χ3v) is 1.64. The predicted molar refractivity (Wildman–Crippen MR) is 38.8 cm³/mol. The van der Waals surface area contributed by atoms with Gasteiger partial charge >= 0.3 is 0 Å². The Morgan fingerprint density at radius 3 is 3.11 bits per heavy atom. The maximum Gasteiger partial charge on any atom is 0.0529 e. The van der Waals surface area contributed by atoms with Crippen LogP contribution < -0.4 is 0 Å². The number of rotatable bonds is 2. The fourth-order valence-corrected chi connectivity index (χ4v) is 1.05. The Hall–Kier alpha value is -0.0100. The smallest absolute Gasteiger partial charge is 0.0529 e. The third kappa shape index (κ3) is 2.37. The molecule has 0 aromatic carbocycles. The van der Waals surface area contributed by atoms with E-state index >= 15 is 0 Å². The zero-order chi connectivity index (χ0) is 6.53. The van der Waals surface area contributed by atoms with Crippen molar-refractivity contribution in [3.05, 3.63) is 12.2 Å². The molecule has 1 fully saturated rings. The highest BCUT2D eigenvalue weighted by Crippen LogP contribution is 2.12. The molecule has 0 bridgehead atoms. The van der Waals surface area contributed by atoms with Crippen molar-refractivity contribution in [2.75, 3.05) is 19.1 Å². The van der Waals surface area contributed by atoms with Crippen LogP contribution in [0.2, 0.25) is 0 Å². The highest BCUT2D eigenvalue weighted by atomic mass is 35.5. The lowest BCUT2D eigenvalue weighted by atomic mass is 10.1. The van der Waals surface area contributed by atoms with Crippen LogP contribution in [0.15, 0.2) is 12.2 Å². The molecule has 1 atom stereocenters. The van der Waals surface area contributed by atoms with Crippen LogP contribution in [0.3, 0.4) is 0 Å². The SMILES string of the molecule is ClCC=CC1CCOC1. The fourth-order valence-electron chi connectivity index (χ4n) is 0.948. The molecule has 1 saturated heterocycles. The van der Waals surface area contributed by atoms with E-state index in [0.717, 1.165) is 19.6 Å². The number of hydrogen-bond acceptors (Lipinski definition) is 1. The van der Waals surface area contributed by atoms with Crippen molar-refractivity contribution in [2.45, 2.75) is 6.42 Å². The molecule has 1 nitrogen and oxygen atoms in total. The summed E-state index contributed by atoms with van der Waals surface area (Å²) in [6.07, 6.45) is 5.29. The zero-order valence-electron chi connectivity index (χ0n) is 5.35. The minimum atomic E-state index is 0.622. The minimum absolute atomic E-state index is 0.622. The number of alkyl halides is 1. The molecule has 1 rings (SSSR count). The summed E-state index contributed by atoms with van der Waals surface area (Å²) in [6.45, 7) is 1.80. The van der Waals surface area contributed by atoms with E-state index in [9.17, 15) is 0 Å². The first kappa shape index (κ1) is 7.10. The van der Waals surface area contributed by atoms with E-state index in [-0.39, 0.29) is 0 Å². The molecule has 0 aromatic heterocycles. The molecule has 0 amide bonds. The van der Waals surface area contributed by atoms with E-state index in [2.05, 4.69) is 6.08 Å². The van der Waals surface area contributed by atoms with Gasteiger partial charge in [-0.2, -0.15) is 0 Å². The second-order valence-corrected chi connectivity index (χ2v) is 2.51. The number of allylic oxidation sites excluding steroid dienone is 1. The van der Waals surface area contributed by atoms with Gasteiger partial charge in [0, 0.05) is 18.4 Å². The Kier molecular flexibility index (Phi) is 3.09. The molecule has 1 aliphatic rings. The van der Waals surface area contributed by atoms with Gasteiger partial charge in [0.25, 0.3) is 0 Å². The summed E-state index contributed by atoms with van der Waals surface area (Å²) in [6, 6.07) is 0. The minimum Gasteiger partial charge on any atom is -0.381 e. The quantitative estimate of drug-likeness (QED) is 0.427. The van der Waals surface area contributed by atoms with Gasteiger partial charge in [0.15, 0.2) is 0 Å². The Bertz CT molecular complexity index is 95.1. The van der Waals surface area contributed by atoms with Gasteiger partial charge in [-0.15, -0.1) is 11.6 Å². The molecule has 0 N–H and O–H groups in total. The van der Waals surface area contributed by atoms with Gasteiger partial charge in [0.1, 0.15) is 0 Å². The standard InChI is InChI=1S/C7H11ClO/c8-4-1-2-7-3-5-9-6-7/h1-2,7H,3-6H2. The molecule has 1 unspecified atom stereocenters. The molecule has 0 aromatic rings. The van der Waals surface area contributed by atoms with Crippen LogP contribution in [0.1, 0.15) is 6.42 Å². The summed E-state index contributed by atoms with van der Waals surface area (Å²) in [5.41, 5.74) is 0. The monoisotopic (exact) mass is 146 g/mol. The van der Waals surface area contributed by atoms with Crippen molar-refractivity contribution in [3.8, 4) is 0 Å². The largest absolute Gasteiger partial charge is 0.381 e. The Labute approximate surface area is 60.7 Å². The fraction of sp³-hybridized carbons (Fsp3) is 0.714. The van der Waals surface area contributed by atoms with Crippen LogP contribution in [-0.4, -0.2) is 19.1 Å². The molecular weight excluding hydrogens is 136 g/mol. The summed E-state index contributed by atoms with van der Waals surface area (Å²) in [7, 11) is 0. The molecule has 1 heterocycles. The second kappa shape index (κ2) is 3.91. The average Bonchev–Trinajstić information content (AvgIpc) is 2.34. The van der Waals surface area contributed by atoms with Gasteiger partial charge in [-0.1, -0.05) is 12.2 Å². The first-order chi connectivity index (χ1) is 4.43. The van der Waals surface area contributed by atoms with Gasteiger partial charge in [-0.25, -0.2) is 0 Å². The van der Waals surface area contributed by atoms with Gasteiger partial charge < -0.3 is 4.74 Å². The van der Waals surface area contributed by atoms with Crippen molar-refractivity contribution < 1.29 is 4.74 Å². The predicted octanol–water partition coefficient (Wildman–Crippen LogP) is 1.82. The maximum absolute atomic E-state index is 5.45. The molecule has 0 saturated carbocycles. The lowest BCUT2D eigenvalue weighted by Gasteiger charge is -1.95. The van der Waals surface area contributed by atoms with E-state index in [4.69, 9.17) is 16.3 Å². The van der Waals surface area contributed by atoms with E-state index in [1.165, 1.54) is 0 Å².